The lowest BCUT2D eigenvalue weighted by atomic mass is 10.1. The molecule has 1 aliphatic carbocycles. The van der Waals surface area contributed by atoms with Gasteiger partial charge in [0.05, 0.1) is 10.2 Å². The van der Waals surface area contributed by atoms with Gasteiger partial charge < -0.3 is 0 Å². The summed E-state index contributed by atoms with van der Waals surface area (Å²) in [7, 11) is 0. The molecule has 2 aromatic rings. The van der Waals surface area contributed by atoms with Crippen LogP contribution >= 0.6 is 27.5 Å². The first-order valence-corrected chi connectivity index (χ1v) is 7.12. The lowest BCUT2D eigenvalue weighted by Crippen LogP contribution is -1.97. The molecule has 0 radical (unpaired) electrons. The van der Waals surface area contributed by atoms with Crippen molar-refractivity contribution in [2.24, 2.45) is 0 Å². The van der Waals surface area contributed by atoms with Gasteiger partial charge in [0.15, 0.2) is 5.82 Å². The van der Waals surface area contributed by atoms with Crippen molar-refractivity contribution >= 4 is 27.5 Å². The van der Waals surface area contributed by atoms with Crippen molar-refractivity contribution in [3.05, 3.63) is 45.1 Å². The fourth-order valence-electron chi connectivity index (χ4n) is 1.89. The zero-order valence-corrected chi connectivity index (χ0v) is 12.3. The molecule has 0 N–H and O–H groups in total. The summed E-state index contributed by atoms with van der Waals surface area (Å²) < 4.78 is 0.850. The maximum Gasteiger partial charge on any atom is 0.161 e. The molecule has 1 aromatic heterocycles. The highest BCUT2D eigenvalue weighted by Gasteiger charge is 2.29. The van der Waals surface area contributed by atoms with Gasteiger partial charge in [0.1, 0.15) is 5.15 Å². The van der Waals surface area contributed by atoms with E-state index in [9.17, 15) is 0 Å². The average molecular weight is 324 g/mol. The van der Waals surface area contributed by atoms with Gasteiger partial charge in [-0.15, -0.1) is 0 Å². The Labute approximate surface area is 120 Å². The highest BCUT2D eigenvalue weighted by molar-refractivity contribution is 9.10. The monoisotopic (exact) mass is 322 g/mol. The van der Waals surface area contributed by atoms with Gasteiger partial charge >= 0.3 is 0 Å². The van der Waals surface area contributed by atoms with E-state index in [2.05, 4.69) is 45.0 Å². The fourth-order valence-corrected chi connectivity index (χ4v) is 2.57. The molecule has 92 valence electrons. The van der Waals surface area contributed by atoms with Crippen molar-refractivity contribution < 1.29 is 0 Å². The van der Waals surface area contributed by atoms with E-state index in [0.29, 0.717) is 16.9 Å². The van der Waals surface area contributed by atoms with Crippen LogP contribution in [0.2, 0.25) is 5.15 Å². The topological polar surface area (TPSA) is 25.8 Å². The zero-order valence-electron chi connectivity index (χ0n) is 9.95. The smallest absolute Gasteiger partial charge is 0.161 e. The quantitative estimate of drug-likeness (QED) is 0.746. The van der Waals surface area contributed by atoms with Gasteiger partial charge in [-0.3, -0.25) is 0 Å². The van der Waals surface area contributed by atoms with Crippen LogP contribution in [0.25, 0.3) is 11.4 Å². The predicted molar refractivity (Wildman–Crippen MR) is 76.9 cm³/mol. The zero-order chi connectivity index (χ0) is 12.7. The minimum absolute atomic E-state index is 0.502. The van der Waals surface area contributed by atoms with Crippen molar-refractivity contribution in [3.63, 3.8) is 0 Å². The van der Waals surface area contributed by atoms with E-state index in [1.807, 2.05) is 12.1 Å². The molecule has 4 heteroatoms. The number of hydrogen-bond donors (Lipinski definition) is 0. The molecule has 0 aliphatic heterocycles. The first kappa shape index (κ1) is 12.1. The molecule has 1 saturated carbocycles. The second kappa shape index (κ2) is 4.63. The molecule has 0 saturated heterocycles. The third-order valence-electron chi connectivity index (χ3n) is 3.11. The van der Waals surface area contributed by atoms with Crippen LogP contribution in [0.5, 0.6) is 0 Å². The molecule has 1 heterocycles. The van der Waals surface area contributed by atoms with Crippen LogP contribution < -0.4 is 0 Å². The third-order valence-corrected chi connectivity index (χ3v) is 4.39. The Balaban J connectivity index is 2.09. The summed E-state index contributed by atoms with van der Waals surface area (Å²) in [6.07, 6.45) is 2.39. The Bertz CT molecular complexity index is 591. The molecule has 1 fully saturated rings. The van der Waals surface area contributed by atoms with E-state index in [-0.39, 0.29) is 0 Å². The molecular formula is C14H12BrClN2. The Morgan fingerprint density at radius 2 is 1.83 bits per heavy atom. The summed E-state index contributed by atoms with van der Waals surface area (Å²) in [4.78, 5) is 9.00. The molecule has 2 nitrogen and oxygen atoms in total. The van der Waals surface area contributed by atoms with Gasteiger partial charge in [-0.2, -0.15) is 0 Å². The first-order valence-electron chi connectivity index (χ1n) is 5.95. The standard InChI is InChI=1S/C14H12BrClN2/c1-8-2-4-10(5-3-8)14-17-12(9-6-7-9)11(15)13(16)18-14/h2-5,9H,6-7H2,1H3. The number of rotatable bonds is 2. The molecule has 0 spiro atoms. The number of halogens is 2. The van der Waals surface area contributed by atoms with E-state index >= 15 is 0 Å². The van der Waals surface area contributed by atoms with E-state index < -0.39 is 0 Å². The number of nitrogens with zero attached hydrogens (tertiary/aromatic N) is 2. The molecule has 0 amide bonds. The van der Waals surface area contributed by atoms with Crippen molar-refractivity contribution in [3.8, 4) is 11.4 Å². The summed E-state index contributed by atoms with van der Waals surface area (Å²) in [5, 5.41) is 0.502. The molecular weight excluding hydrogens is 312 g/mol. The molecule has 3 rings (SSSR count). The van der Waals surface area contributed by atoms with Crippen LogP contribution in [-0.4, -0.2) is 9.97 Å². The van der Waals surface area contributed by atoms with Crippen molar-refractivity contribution in [2.75, 3.05) is 0 Å². The Hall–Kier alpha value is -0.930. The van der Waals surface area contributed by atoms with Crippen LogP contribution in [0.3, 0.4) is 0 Å². The lowest BCUT2D eigenvalue weighted by molar-refractivity contribution is 0.979. The van der Waals surface area contributed by atoms with E-state index in [0.717, 1.165) is 15.7 Å². The second-order valence-corrected chi connectivity index (χ2v) is 5.83. The Kier molecular flexibility index (Phi) is 3.12. The van der Waals surface area contributed by atoms with Crippen molar-refractivity contribution in [2.45, 2.75) is 25.7 Å². The first-order chi connectivity index (χ1) is 8.65. The van der Waals surface area contributed by atoms with Gasteiger partial charge in [-0.05, 0) is 35.7 Å². The second-order valence-electron chi connectivity index (χ2n) is 4.68. The molecule has 0 atom stereocenters. The van der Waals surface area contributed by atoms with Crippen LogP contribution in [0, 0.1) is 6.92 Å². The number of aryl methyl sites for hydroxylation is 1. The summed E-state index contributed by atoms with van der Waals surface area (Å²) >= 11 is 9.66. The maximum absolute atomic E-state index is 6.17. The molecule has 1 aromatic carbocycles. The Morgan fingerprint density at radius 1 is 1.17 bits per heavy atom. The number of benzene rings is 1. The average Bonchev–Trinajstić information content (AvgIpc) is 3.18. The third kappa shape index (κ3) is 2.29. The normalized spacial score (nSPS) is 14.8. The lowest BCUT2D eigenvalue weighted by Gasteiger charge is -2.07. The van der Waals surface area contributed by atoms with Gasteiger partial charge in [0.25, 0.3) is 0 Å². The van der Waals surface area contributed by atoms with Crippen molar-refractivity contribution in [1.29, 1.82) is 0 Å². The van der Waals surface area contributed by atoms with E-state index in [1.165, 1.54) is 18.4 Å². The van der Waals surface area contributed by atoms with Crippen LogP contribution in [0.1, 0.15) is 30.0 Å². The SMILES string of the molecule is Cc1ccc(-c2nc(Cl)c(Br)c(C3CC3)n2)cc1. The fraction of sp³-hybridized carbons (Fsp3) is 0.286. The van der Waals surface area contributed by atoms with Crippen LogP contribution in [0.4, 0.5) is 0 Å². The van der Waals surface area contributed by atoms with Crippen LogP contribution in [0.15, 0.2) is 28.7 Å². The van der Waals surface area contributed by atoms with Crippen molar-refractivity contribution in [1.82, 2.24) is 9.97 Å². The molecule has 0 unspecified atom stereocenters. The number of hydrogen-bond acceptors (Lipinski definition) is 2. The summed E-state index contributed by atoms with van der Waals surface area (Å²) in [5.41, 5.74) is 3.28. The highest BCUT2D eigenvalue weighted by Crippen LogP contribution is 2.44. The van der Waals surface area contributed by atoms with E-state index in [4.69, 9.17) is 11.6 Å². The van der Waals surface area contributed by atoms with E-state index in [1.54, 1.807) is 0 Å². The predicted octanol–water partition coefficient (Wildman–Crippen LogP) is 4.75. The summed E-state index contributed by atoms with van der Waals surface area (Å²) in [5.74, 6) is 1.26. The summed E-state index contributed by atoms with van der Waals surface area (Å²) in [6, 6.07) is 8.19. The highest BCUT2D eigenvalue weighted by atomic mass is 79.9. The number of aromatic nitrogens is 2. The van der Waals surface area contributed by atoms with Gasteiger partial charge in [0, 0.05) is 11.5 Å². The minimum atomic E-state index is 0.502. The van der Waals surface area contributed by atoms with Gasteiger partial charge in [0.2, 0.25) is 0 Å². The minimum Gasteiger partial charge on any atom is -0.231 e. The maximum atomic E-state index is 6.17. The molecule has 18 heavy (non-hydrogen) atoms. The molecule has 1 aliphatic rings. The molecule has 0 bridgehead atoms. The van der Waals surface area contributed by atoms with Gasteiger partial charge in [-0.25, -0.2) is 9.97 Å². The van der Waals surface area contributed by atoms with Crippen LogP contribution in [-0.2, 0) is 0 Å². The summed E-state index contributed by atoms with van der Waals surface area (Å²) in [6.45, 7) is 2.06. The Morgan fingerprint density at radius 3 is 2.44 bits per heavy atom. The van der Waals surface area contributed by atoms with Gasteiger partial charge in [-0.1, -0.05) is 41.4 Å². The largest absolute Gasteiger partial charge is 0.231 e.